The lowest BCUT2D eigenvalue weighted by Crippen LogP contribution is -2.33. The van der Waals surface area contributed by atoms with Crippen LogP contribution in [0.5, 0.6) is 0 Å². The van der Waals surface area contributed by atoms with Crippen LogP contribution in [0, 0.1) is 0 Å². The third-order valence-corrected chi connectivity index (χ3v) is 3.73. The van der Waals surface area contributed by atoms with Gasteiger partial charge in [0.2, 0.25) is 10.0 Å². The van der Waals surface area contributed by atoms with E-state index in [-0.39, 0.29) is 22.7 Å². The third kappa shape index (κ3) is 3.71. The topological polar surface area (TPSA) is 79.3 Å². The molecule has 2 N–H and O–H groups in total. The molecule has 0 amide bonds. The predicted octanol–water partition coefficient (Wildman–Crippen LogP) is 0.784. The van der Waals surface area contributed by atoms with Crippen molar-refractivity contribution in [3.8, 4) is 0 Å². The zero-order valence-corrected chi connectivity index (χ0v) is 10.3. The monoisotopic (exact) mass is 264 g/mol. The highest BCUT2D eigenvalue weighted by molar-refractivity contribution is 7.89. The van der Waals surface area contributed by atoms with E-state index in [0.29, 0.717) is 6.42 Å². The molecule has 0 saturated heterocycles. The minimum atomic E-state index is -3.58. The maximum absolute atomic E-state index is 11.8. The van der Waals surface area contributed by atoms with E-state index in [4.69, 9.17) is 16.7 Å². The van der Waals surface area contributed by atoms with Crippen LogP contribution in [-0.4, -0.2) is 31.2 Å². The van der Waals surface area contributed by atoms with Crippen LogP contribution in [0.15, 0.2) is 23.2 Å². The first-order valence-electron chi connectivity index (χ1n) is 4.70. The summed E-state index contributed by atoms with van der Waals surface area (Å²) in [5.41, 5.74) is 0. The molecule has 1 atom stereocenters. The van der Waals surface area contributed by atoms with Gasteiger partial charge in [-0.25, -0.2) is 18.1 Å². The number of sulfonamides is 1. The van der Waals surface area contributed by atoms with E-state index in [0.717, 1.165) is 0 Å². The summed E-state index contributed by atoms with van der Waals surface area (Å²) in [6.45, 7) is 1.61. The number of halogens is 1. The van der Waals surface area contributed by atoms with Crippen molar-refractivity contribution in [2.45, 2.75) is 24.3 Å². The van der Waals surface area contributed by atoms with E-state index >= 15 is 0 Å². The number of hydrogen-bond donors (Lipinski definition) is 2. The quantitative estimate of drug-likeness (QED) is 0.771. The molecule has 0 radical (unpaired) electrons. The van der Waals surface area contributed by atoms with Gasteiger partial charge in [-0.1, -0.05) is 11.6 Å². The molecule has 16 heavy (non-hydrogen) atoms. The number of pyridine rings is 1. The number of aliphatic hydroxyl groups is 1. The van der Waals surface area contributed by atoms with Crippen LogP contribution in [0.25, 0.3) is 0 Å². The Hall–Kier alpha value is -0.690. The number of aliphatic hydroxyl groups excluding tert-OH is 1. The number of nitrogens with zero attached hydrogens (tertiary/aromatic N) is 1. The van der Waals surface area contributed by atoms with Crippen molar-refractivity contribution in [1.82, 2.24) is 9.71 Å². The Labute approximate surface area is 99.5 Å². The Morgan fingerprint density at radius 3 is 2.75 bits per heavy atom. The highest BCUT2D eigenvalue weighted by Crippen LogP contribution is 2.11. The molecule has 0 aromatic carbocycles. The third-order valence-electron chi connectivity index (χ3n) is 1.93. The molecule has 0 saturated carbocycles. The first-order chi connectivity index (χ1) is 7.45. The first-order valence-corrected chi connectivity index (χ1v) is 6.56. The van der Waals surface area contributed by atoms with Gasteiger partial charge in [-0.3, -0.25) is 0 Å². The van der Waals surface area contributed by atoms with Gasteiger partial charge in [0, 0.05) is 18.8 Å². The molecule has 1 unspecified atom stereocenters. The van der Waals surface area contributed by atoms with Crippen LogP contribution in [-0.2, 0) is 10.0 Å². The molecule has 5 nitrogen and oxygen atoms in total. The average molecular weight is 265 g/mol. The highest BCUT2D eigenvalue weighted by Gasteiger charge is 2.17. The minimum Gasteiger partial charge on any atom is -0.396 e. The van der Waals surface area contributed by atoms with Crippen molar-refractivity contribution in [2.24, 2.45) is 0 Å². The van der Waals surface area contributed by atoms with Crippen molar-refractivity contribution < 1.29 is 13.5 Å². The molecule has 0 aliphatic heterocycles. The number of nitrogens with one attached hydrogen (secondary N) is 1. The lowest BCUT2D eigenvalue weighted by molar-refractivity contribution is 0.275. The first kappa shape index (κ1) is 13.4. The van der Waals surface area contributed by atoms with Gasteiger partial charge in [-0.05, 0) is 25.5 Å². The van der Waals surface area contributed by atoms with E-state index < -0.39 is 10.0 Å². The van der Waals surface area contributed by atoms with Gasteiger partial charge in [0.15, 0.2) is 0 Å². The standard InChI is InChI=1S/C9H13ClN2O3S/c1-7(4-5-13)12-16(14,15)8-2-3-9(10)11-6-8/h2-3,6-7,12-13H,4-5H2,1H3. The van der Waals surface area contributed by atoms with Crippen LogP contribution in [0.3, 0.4) is 0 Å². The molecule has 7 heteroatoms. The number of hydrogen-bond acceptors (Lipinski definition) is 4. The summed E-state index contributed by atoms with van der Waals surface area (Å²) in [5.74, 6) is 0. The van der Waals surface area contributed by atoms with Crippen LogP contribution >= 0.6 is 11.6 Å². The minimum absolute atomic E-state index is 0.0571. The van der Waals surface area contributed by atoms with E-state index in [1.165, 1.54) is 18.3 Å². The molecule has 0 aliphatic rings. The zero-order chi connectivity index (χ0) is 12.2. The van der Waals surface area contributed by atoms with E-state index in [2.05, 4.69) is 9.71 Å². The molecular weight excluding hydrogens is 252 g/mol. The molecule has 90 valence electrons. The number of rotatable bonds is 5. The molecular formula is C9H13ClN2O3S. The Kier molecular flexibility index (Phi) is 4.67. The van der Waals surface area contributed by atoms with Gasteiger partial charge in [-0.15, -0.1) is 0 Å². The Bertz CT molecular complexity index is 433. The fraction of sp³-hybridized carbons (Fsp3) is 0.444. The van der Waals surface area contributed by atoms with Crippen molar-refractivity contribution in [3.63, 3.8) is 0 Å². The van der Waals surface area contributed by atoms with E-state index in [9.17, 15) is 8.42 Å². The van der Waals surface area contributed by atoms with Gasteiger partial charge in [0.05, 0.1) is 0 Å². The largest absolute Gasteiger partial charge is 0.396 e. The molecule has 0 aliphatic carbocycles. The SMILES string of the molecule is CC(CCO)NS(=O)(=O)c1ccc(Cl)nc1. The molecule has 0 bridgehead atoms. The summed E-state index contributed by atoms with van der Waals surface area (Å²) in [6.07, 6.45) is 1.55. The Balaban J connectivity index is 2.82. The second-order valence-corrected chi connectivity index (χ2v) is 5.45. The number of aromatic nitrogens is 1. The Morgan fingerprint density at radius 1 is 1.56 bits per heavy atom. The molecule has 1 aromatic rings. The highest BCUT2D eigenvalue weighted by atomic mass is 35.5. The maximum Gasteiger partial charge on any atom is 0.242 e. The van der Waals surface area contributed by atoms with Crippen molar-refractivity contribution in [2.75, 3.05) is 6.61 Å². The van der Waals surface area contributed by atoms with Crippen LogP contribution in [0.1, 0.15) is 13.3 Å². The van der Waals surface area contributed by atoms with Gasteiger partial charge in [0.1, 0.15) is 10.0 Å². The Morgan fingerprint density at radius 2 is 2.25 bits per heavy atom. The molecule has 0 spiro atoms. The molecule has 0 fully saturated rings. The zero-order valence-electron chi connectivity index (χ0n) is 8.72. The van der Waals surface area contributed by atoms with E-state index in [1.54, 1.807) is 6.92 Å². The maximum atomic E-state index is 11.8. The van der Waals surface area contributed by atoms with Crippen LogP contribution in [0.2, 0.25) is 5.15 Å². The molecule has 1 aromatic heterocycles. The van der Waals surface area contributed by atoms with Gasteiger partial charge in [0.25, 0.3) is 0 Å². The molecule has 1 heterocycles. The predicted molar refractivity (Wildman–Crippen MR) is 60.7 cm³/mol. The van der Waals surface area contributed by atoms with Crippen molar-refractivity contribution in [1.29, 1.82) is 0 Å². The summed E-state index contributed by atoms with van der Waals surface area (Å²) in [6, 6.07) is 2.46. The van der Waals surface area contributed by atoms with E-state index in [1.807, 2.05) is 0 Å². The summed E-state index contributed by atoms with van der Waals surface area (Å²) >= 11 is 5.56. The smallest absolute Gasteiger partial charge is 0.242 e. The fourth-order valence-corrected chi connectivity index (χ4v) is 2.44. The van der Waals surface area contributed by atoms with Gasteiger partial charge >= 0.3 is 0 Å². The summed E-state index contributed by atoms with van der Waals surface area (Å²) in [4.78, 5) is 3.75. The summed E-state index contributed by atoms with van der Waals surface area (Å²) in [5, 5.41) is 8.91. The second kappa shape index (κ2) is 5.58. The lowest BCUT2D eigenvalue weighted by atomic mass is 10.3. The van der Waals surface area contributed by atoms with Crippen molar-refractivity contribution >= 4 is 21.6 Å². The van der Waals surface area contributed by atoms with Crippen LogP contribution < -0.4 is 4.72 Å². The lowest BCUT2D eigenvalue weighted by Gasteiger charge is -2.12. The summed E-state index contributed by atoms with van der Waals surface area (Å²) in [7, 11) is -3.58. The average Bonchev–Trinajstić information content (AvgIpc) is 2.17. The normalized spacial score (nSPS) is 13.7. The van der Waals surface area contributed by atoms with Crippen LogP contribution in [0.4, 0.5) is 0 Å². The van der Waals surface area contributed by atoms with Gasteiger partial charge in [-0.2, -0.15) is 0 Å². The fourth-order valence-electron chi connectivity index (χ4n) is 1.11. The van der Waals surface area contributed by atoms with Gasteiger partial charge < -0.3 is 5.11 Å². The second-order valence-electron chi connectivity index (χ2n) is 3.35. The van der Waals surface area contributed by atoms with Crippen molar-refractivity contribution in [3.05, 3.63) is 23.5 Å². The summed E-state index contributed by atoms with van der Waals surface area (Å²) < 4.78 is 25.9. The molecule has 1 rings (SSSR count).